The highest BCUT2D eigenvalue weighted by molar-refractivity contribution is 5.93. The number of hydrogen-bond donors (Lipinski definition) is 0. The number of hydrogen-bond acceptors (Lipinski definition) is 5. The molecule has 7 heteroatoms. The number of aromatic nitrogens is 3. The lowest BCUT2D eigenvalue weighted by Crippen LogP contribution is -2.48. The van der Waals surface area contributed by atoms with E-state index in [0.717, 1.165) is 49.8 Å². The van der Waals surface area contributed by atoms with E-state index in [0.29, 0.717) is 18.8 Å². The molecule has 3 heterocycles. The minimum absolute atomic E-state index is 0.0369. The first-order valence-corrected chi connectivity index (χ1v) is 10.8. The number of rotatable bonds is 4. The first-order chi connectivity index (χ1) is 15.1. The molecule has 1 saturated heterocycles. The molecule has 31 heavy (non-hydrogen) atoms. The Morgan fingerprint density at radius 1 is 1.03 bits per heavy atom. The lowest BCUT2D eigenvalue weighted by molar-refractivity contribution is 0.0622. The van der Waals surface area contributed by atoms with Gasteiger partial charge in [-0.2, -0.15) is 0 Å². The fraction of sp³-hybridized carbons (Fsp3) is 0.375. The van der Waals surface area contributed by atoms with Crippen LogP contribution in [0.25, 0.3) is 5.69 Å². The van der Waals surface area contributed by atoms with E-state index in [9.17, 15) is 4.79 Å². The molecule has 2 aliphatic rings. The van der Waals surface area contributed by atoms with Crippen LogP contribution in [-0.2, 0) is 13.0 Å². The number of ether oxygens (including phenoxy) is 1. The molecule has 3 aromatic rings. The Balaban J connectivity index is 1.22. The van der Waals surface area contributed by atoms with Crippen molar-refractivity contribution in [1.29, 1.82) is 0 Å². The molecule has 0 atom stereocenters. The number of fused-ring (bicyclic) bond motifs is 1. The Bertz CT molecular complexity index is 1100. The Kier molecular flexibility index (Phi) is 5.19. The molecule has 160 valence electrons. The summed E-state index contributed by atoms with van der Waals surface area (Å²) in [5, 5.41) is 8.44. The second-order valence-electron chi connectivity index (χ2n) is 8.38. The van der Waals surface area contributed by atoms with Gasteiger partial charge in [-0.15, -0.1) is 5.10 Å². The highest BCUT2D eigenvalue weighted by Crippen LogP contribution is 2.26. The van der Waals surface area contributed by atoms with Crippen molar-refractivity contribution < 1.29 is 9.53 Å². The lowest BCUT2D eigenvalue weighted by atomic mass is 10.1. The van der Waals surface area contributed by atoms with Gasteiger partial charge in [0.15, 0.2) is 5.69 Å². The second-order valence-corrected chi connectivity index (χ2v) is 8.38. The number of carbonyl (C=O) groups excluding carboxylic acids is 1. The molecule has 0 spiro atoms. The van der Waals surface area contributed by atoms with Gasteiger partial charge in [0.1, 0.15) is 5.75 Å². The van der Waals surface area contributed by atoms with E-state index >= 15 is 0 Å². The summed E-state index contributed by atoms with van der Waals surface area (Å²) in [6.45, 7) is 8.74. The average molecular weight is 418 g/mol. The van der Waals surface area contributed by atoms with Crippen molar-refractivity contribution >= 4 is 5.91 Å². The molecule has 0 unspecified atom stereocenters. The van der Waals surface area contributed by atoms with Crippen LogP contribution in [0.5, 0.6) is 5.75 Å². The zero-order chi connectivity index (χ0) is 21.4. The van der Waals surface area contributed by atoms with E-state index in [2.05, 4.69) is 33.4 Å². The van der Waals surface area contributed by atoms with Crippen molar-refractivity contribution in [3.63, 3.8) is 0 Å². The molecule has 5 rings (SSSR count). The molecule has 0 saturated carbocycles. The standard InChI is InChI=1S/C24H27N5O2/c1-17-3-6-21(7-4-17)29-18(2)23(25-26-29)24(30)28-12-10-27(11-13-28)16-19-5-8-22-20(15-19)9-14-31-22/h3-8,15H,9-14,16H2,1-2H3. The number of benzene rings is 2. The van der Waals surface area contributed by atoms with E-state index in [1.54, 1.807) is 4.68 Å². The van der Waals surface area contributed by atoms with Crippen LogP contribution >= 0.6 is 0 Å². The number of carbonyl (C=O) groups is 1. The fourth-order valence-corrected chi connectivity index (χ4v) is 4.31. The zero-order valence-corrected chi connectivity index (χ0v) is 18.0. The van der Waals surface area contributed by atoms with Gasteiger partial charge in [0.25, 0.3) is 5.91 Å². The Morgan fingerprint density at radius 2 is 1.81 bits per heavy atom. The summed E-state index contributed by atoms with van der Waals surface area (Å²) < 4.78 is 7.34. The van der Waals surface area contributed by atoms with Crippen LogP contribution in [0.4, 0.5) is 0 Å². The third kappa shape index (κ3) is 3.93. The second kappa shape index (κ2) is 8.15. The predicted octanol–water partition coefficient (Wildman–Crippen LogP) is 2.78. The summed E-state index contributed by atoms with van der Waals surface area (Å²) in [5.41, 5.74) is 5.92. The molecule has 0 bridgehead atoms. The maximum atomic E-state index is 13.1. The first-order valence-electron chi connectivity index (χ1n) is 10.8. The number of piperazine rings is 1. The zero-order valence-electron chi connectivity index (χ0n) is 18.0. The van der Waals surface area contributed by atoms with Gasteiger partial charge in [-0.1, -0.05) is 35.0 Å². The summed E-state index contributed by atoms with van der Waals surface area (Å²) in [6.07, 6.45) is 0.994. The Labute approximate surface area is 182 Å². The Morgan fingerprint density at radius 3 is 2.58 bits per heavy atom. The van der Waals surface area contributed by atoms with Gasteiger partial charge in [0.2, 0.25) is 0 Å². The molecule has 1 fully saturated rings. The average Bonchev–Trinajstić information content (AvgIpc) is 3.40. The molecule has 0 aliphatic carbocycles. The van der Waals surface area contributed by atoms with Crippen LogP contribution < -0.4 is 4.74 Å². The minimum Gasteiger partial charge on any atom is -0.493 e. The minimum atomic E-state index is -0.0369. The van der Waals surface area contributed by atoms with E-state index in [4.69, 9.17) is 4.74 Å². The van der Waals surface area contributed by atoms with Crippen molar-refractivity contribution in [2.45, 2.75) is 26.8 Å². The van der Waals surface area contributed by atoms with Gasteiger partial charge in [-0.05, 0) is 43.2 Å². The van der Waals surface area contributed by atoms with Crippen molar-refractivity contribution in [2.75, 3.05) is 32.8 Å². The van der Waals surface area contributed by atoms with E-state index < -0.39 is 0 Å². The van der Waals surface area contributed by atoms with Crippen molar-refractivity contribution in [2.24, 2.45) is 0 Å². The van der Waals surface area contributed by atoms with Crippen molar-refractivity contribution in [3.8, 4) is 11.4 Å². The maximum absolute atomic E-state index is 13.1. The number of nitrogens with zero attached hydrogens (tertiary/aromatic N) is 5. The van der Waals surface area contributed by atoms with E-state index in [-0.39, 0.29) is 5.91 Å². The van der Waals surface area contributed by atoms with Crippen molar-refractivity contribution in [3.05, 3.63) is 70.5 Å². The number of aryl methyl sites for hydroxylation is 1. The molecular formula is C24H27N5O2. The van der Waals surface area contributed by atoms with E-state index in [1.165, 1.54) is 16.7 Å². The third-order valence-electron chi connectivity index (χ3n) is 6.20. The fourth-order valence-electron chi connectivity index (χ4n) is 4.31. The molecule has 0 N–H and O–H groups in total. The van der Waals surface area contributed by atoms with Gasteiger partial charge >= 0.3 is 0 Å². The smallest absolute Gasteiger partial charge is 0.276 e. The topological polar surface area (TPSA) is 63.5 Å². The van der Waals surface area contributed by atoms with Gasteiger partial charge in [0.05, 0.1) is 18.0 Å². The molecule has 2 aliphatic heterocycles. The summed E-state index contributed by atoms with van der Waals surface area (Å²) in [6, 6.07) is 14.5. The summed E-state index contributed by atoms with van der Waals surface area (Å²) in [4.78, 5) is 17.4. The highest BCUT2D eigenvalue weighted by Gasteiger charge is 2.26. The molecule has 2 aromatic carbocycles. The summed E-state index contributed by atoms with van der Waals surface area (Å²) in [5.74, 6) is 0.985. The molecule has 1 amide bonds. The SMILES string of the molecule is Cc1ccc(-n2nnc(C(=O)N3CCN(Cc4ccc5c(c4)CCO5)CC3)c2C)cc1. The van der Waals surface area contributed by atoms with Crippen LogP contribution in [0.15, 0.2) is 42.5 Å². The monoisotopic (exact) mass is 417 g/mol. The summed E-state index contributed by atoms with van der Waals surface area (Å²) in [7, 11) is 0. The van der Waals surface area contributed by atoms with Crippen LogP contribution in [0, 0.1) is 13.8 Å². The maximum Gasteiger partial charge on any atom is 0.276 e. The van der Waals surface area contributed by atoms with Gasteiger partial charge in [-0.3, -0.25) is 9.69 Å². The van der Waals surface area contributed by atoms with E-state index in [1.807, 2.05) is 43.0 Å². The Hall–Kier alpha value is -3.19. The molecule has 7 nitrogen and oxygen atoms in total. The van der Waals surface area contributed by atoms with Crippen LogP contribution in [0.2, 0.25) is 0 Å². The first kappa shape index (κ1) is 19.8. The third-order valence-corrected chi connectivity index (χ3v) is 6.20. The van der Waals surface area contributed by atoms with Crippen LogP contribution in [0.3, 0.4) is 0 Å². The predicted molar refractivity (Wildman–Crippen MR) is 118 cm³/mol. The quantitative estimate of drug-likeness (QED) is 0.653. The van der Waals surface area contributed by atoms with Gasteiger partial charge < -0.3 is 9.64 Å². The van der Waals surface area contributed by atoms with Crippen LogP contribution in [-0.4, -0.2) is 63.5 Å². The van der Waals surface area contributed by atoms with Crippen LogP contribution in [0.1, 0.15) is 32.9 Å². The van der Waals surface area contributed by atoms with Crippen molar-refractivity contribution in [1.82, 2.24) is 24.8 Å². The number of amides is 1. The summed E-state index contributed by atoms with van der Waals surface area (Å²) >= 11 is 0. The normalized spacial score (nSPS) is 16.3. The lowest BCUT2D eigenvalue weighted by Gasteiger charge is -2.34. The molecule has 0 radical (unpaired) electrons. The molecular weight excluding hydrogens is 390 g/mol. The molecule has 1 aromatic heterocycles. The van der Waals surface area contributed by atoms with Gasteiger partial charge in [0, 0.05) is 39.1 Å². The highest BCUT2D eigenvalue weighted by atomic mass is 16.5. The van der Waals surface area contributed by atoms with Gasteiger partial charge in [-0.25, -0.2) is 4.68 Å². The largest absolute Gasteiger partial charge is 0.493 e.